The lowest BCUT2D eigenvalue weighted by Crippen LogP contribution is -2.31. The summed E-state index contributed by atoms with van der Waals surface area (Å²) in [5.74, 6) is -1.39. The van der Waals surface area contributed by atoms with Gasteiger partial charge in [-0.3, -0.25) is 9.59 Å². The first kappa shape index (κ1) is 17.2. The van der Waals surface area contributed by atoms with Gasteiger partial charge >= 0.3 is 0 Å². The second-order valence-corrected chi connectivity index (χ2v) is 5.23. The molecule has 0 aliphatic rings. The maximum atomic E-state index is 11.6. The molecule has 0 saturated carbocycles. The molecule has 0 spiro atoms. The summed E-state index contributed by atoms with van der Waals surface area (Å²) in [6.45, 7) is 1.87. The summed E-state index contributed by atoms with van der Waals surface area (Å²) in [5, 5.41) is 0.503. The molecule has 6 N–H and O–H groups in total. The Kier molecular flexibility index (Phi) is 6.40. The smallest absolute Gasteiger partial charge is 0.260 e. The molecular weight excluding hydrogens is 296 g/mol. The van der Waals surface area contributed by atoms with Gasteiger partial charge in [-0.2, -0.15) is 0 Å². The van der Waals surface area contributed by atoms with E-state index in [-0.39, 0.29) is 16.1 Å². The van der Waals surface area contributed by atoms with Crippen molar-refractivity contribution in [3.05, 3.63) is 10.4 Å². The van der Waals surface area contributed by atoms with E-state index in [0.717, 1.165) is 11.3 Å². The Bertz CT molecular complexity index is 510. The molecule has 2 amide bonds. The molecule has 0 atom stereocenters. The summed E-state index contributed by atoms with van der Waals surface area (Å²) in [5.41, 5.74) is 16.6. The zero-order valence-electron chi connectivity index (χ0n) is 12.0. The molecule has 0 aliphatic heterocycles. The number of nitrogens with zero attached hydrogens (tertiary/aromatic N) is 1. The second-order valence-electron chi connectivity index (χ2n) is 4.23. The minimum Gasteiger partial charge on any atom is -0.397 e. The highest BCUT2D eigenvalue weighted by molar-refractivity contribution is 7.19. The van der Waals surface area contributed by atoms with Gasteiger partial charge in [0.15, 0.2) is 0 Å². The van der Waals surface area contributed by atoms with Crippen LogP contribution >= 0.6 is 11.3 Å². The van der Waals surface area contributed by atoms with Crippen molar-refractivity contribution < 1.29 is 19.1 Å². The van der Waals surface area contributed by atoms with Crippen molar-refractivity contribution in [3.63, 3.8) is 0 Å². The van der Waals surface area contributed by atoms with Crippen LogP contribution in [0.3, 0.4) is 0 Å². The average Bonchev–Trinajstić information content (AvgIpc) is 2.76. The molecule has 118 valence electrons. The van der Waals surface area contributed by atoms with Crippen LogP contribution < -0.4 is 22.1 Å². The number of thiophene rings is 1. The standard InChI is InChI=1S/C12H20N4O4S/c1-19-5-3-16(4-6-20-2)12-7(10(14)17)8(13)9(21-12)11(15)18/h3-6,13H2,1-2H3,(H2,14,17)(H2,15,18). The van der Waals surface area contributed by atoms with Crippen molar-refractivity contribution in [2.75, 3.05) is 51.2 Å². The van der Waals surface area contributed by atoms with E-state index < -0.39 is 11.8 Å². The van der Waals surface area contributed by atoms with E-state index in [4.69, 9.17) is 26.7 Å². The first-order valence-electron chi connectivity index (χ1n) is 6.18. The van der Waals surface area contributed by atoms with Crippen LogP contribution in [0, 0.1) is 0 Å². The lowest BCUT2D eigenvalue weighted by atomic mass is 10.2. The molecule has 1 heterocycles. The number of nitrogens with two attached hydrogens (primary N) is 3. The largest absolute Gasteiger partial charge is 0.397 e. The molecule has 0 saturated heterocycles. The van der Waals surface area contributed by atoms with Crippen LogP contribution in [-0.4, -0.2) is 52.3 Å². The monoisotopic (exact) mass is 316 g/mol. The highest BCUT2D eigenvalue weighted by atomic mass is 32.1. The third-order valence-corrected chi connectivity index (χ3v) is 4.10. The van der Waals surface area contributed by atoms with Crippen LogP contribution in [0.2, 0.25) is 0 Å². The number of hydrogen-bond donors (Lipinski definition) is 3. The van der Waals surface area contributed by atoms with Gasteiger partial charge in [-0.25, -0.2) is 0 Å². The maximum Gasteiger partial charge on any atom is 0.260 e. The number of nitrogen functional groups attached to an aromatic ring is 1. The van der Waals surface area contributed by atoms with Gasteiger partial charge in [0.25, 0.3) is 11.8 Å². The predicted molar refractivity (Wildman–Crippen MR) is 81.7 cm³/mol. The molecule has 0 aromatic carbocycles. The fraction of sp³-hybridized carbons (Fsp3) is 0.500. The van der Waals surface area contributed by atoms with Crippen LogP contribution in [0.4, 0.5) is 10.7 Å². The summed E-state index contributed by atoms with van der Waals surface area (Å²) >= 11 is 1.05. The molecule has 0 unspecified atom stereocenters. The SMILES string of the molecule is COCCN(CCOC)c1sc(C(N)=O)c(N)c1C(N)=O. The Balaban J connectivity index is 3.24. The summed E-state index contributed by atoms with van der Waals surface area (Å²) < 4.78 is 10.1. The Morgan fingerprint density at radius 1 is 1.10 bits per heavy atom. The molecule has 8 nitrogen and oxygen atoms in total. The maximum absolute atomic E-state index is 11.6. The van der Waals surface area contributed by atoms with Crippen molar-refractivity contribution in [2.45, 2.75) is 0 Å². The lowest BCUT2D eigenvalue weighted by Gasteiger charge is -2.23. The topological polar surface area (TPSA) is 134 Å². The quantitative estimate of drug-likeness (QED) is 0.569. The van der Waals surface area contributed by atoms with E-state index in [1.165, 1.54) is 0 Å². The highest BCUT2D eigenvalue weighted by Crippen LogP contribution is 2.37. The van der Waals surface area contributed by atoms with Gasteiger partial charge in [0.1, 0.15) is 9.88 Å². The lowest BCUT2D eigenvalue weighted by molar-refractivity contribution is 0.0999. The van der Waals surface area contributed by atoms with Gasteiger partial charge in [0.2, 0.25) is 0 Å². The van der Waals surface area contributed by atoms with E-state index in [9.17, 15) is 9.59 Å². The molecule has 0 bridgehead atoms. The summed E-state index contributed by atoms with van der Waals surface area (Å²) in [4.78, 5) is 25.0. The number of hydrogen-bond acceptors (Lipinski definition) is 7. The van der Waals surface area contributed by atoms with Crippen molar-refractivity contribution in [1.29, 1.82) is 0 Å². The first-order valence-corrected chi connectivity index (χ1v) is 7.00. The van der Waals surface area contributed by atoms with E-state index in [0.29, 0.717) is 31.3 Å². The third-order valence-electron chi connectivity index (χ3n) is 2.81. The number of carbonyl (C=O) groups excluding carboxylic acids is 2. The molecular formula is C12H20N4O4S. The van der Waals surface area contributed by atoms with Gasteiger partial charge in [-0.1, -0.05) is 0 Å². The number of carbonyl (C=O) groups is 2. The summed E-state index contributed by atoms with van der Waals surface area (Å²) in [6, 6.07) is 0. The molecule has 0 fully saturated rings. The number of methoxy groups -OCH3 is 2. The van der Waals surface area contributed by atoms with Crippen LogP contribution in [0.25, 0.3) is 0 Å². The molecule has 21 heavy (non-hydrogen) atoms. The van der Waals surface area contributed by atoms with Crippen LogP contribution in [-0.2, 0) is 9.47 Å². The fourth-order valence-corrected chi connectivity index (χ4v) is 2.92. The van der Waals surface area contributed by atoms with Gasteiger partial charge < -0.3 is 31.6 Å². The van der Waals surface area contributed by atoms with Gasteiger partial charge in [0, 0.05) is 27.3 Å². The number of rotatable bonds is 9. The zero-order valence-corrected chi connectivity index (χ0v) is 12.9. The predicted octanol–water partition coefficient (Wildman–Crippen LogP) is -0.373. The second kappa shape index (κ2) is 7.81. The minimum atomic E-state index is -0.703. The summed E-state index contributed by atoms with van der Waals surface area (Å²) in [7, 11) is 3.14. The van der Waals surface area contributed by atoms with Crippen LogP contribution in [0.15, 0.2) is 0 Å². The van der Waals surface area contributed by atoms with E-state index in [1.807, 2.05) is 4.90 Å². The van der Waals surface area contributed by atoms with Crippen molar-refractivity contribution in [3.8, 4) is 0 Å². The Morgan fingerprint density at radius 2 is 1.62 bits per heavy atom. The van der Waals surface area contributed by atoms with Gasteiger partial charge in [0.05, 0.1) is 24.5 Å². The van der Waals surface area contributed by atoms with Crippen molar-refractivity contribution >= 4 is 33.8 Å². The number of anilines is 2. The van der Waals surface area contributed by atoms with E-state index in [2.05, 4.69) is 0 Å². The molecule has 9 heteroatoms. The Hall–Kier alpha value is -1.84. The fourth-order valence-electron chi connectivity index (χ4n) is 1.79. The van der Waals surface area contributed by atoms with E-state index in [1.54, 1.807) is 14.2 Å². The molecule has 0 radical (unpaired) electrons. The average molecular weight is 316 g/mol. The Morgan fingerprint density at radius 3 is 2.00 bits per heavy atom. The van der Waals surface area contributed by atoms with Crippen molar-refractivity contribution in [1.82, 2.24) is 0 Å². The zero-order chi connectivity index (χ0) is 16.0. The van der Waals surface area contributed by atoms with Crippen LogP contribution in [0.1, 0.15) is 20.0 Å². The number of amides is 2. The molecule has 1 aromatic heterocycles. The first-order chi connectivity index (χ1) is 9.93. The van der Waals surface area contributed by atoms with Crippen molar-refractivity contribution in [2.24, 2.45) is 11.5 Å². The number of primary amides is 2. The van der Waals surface area contributed by atoms with Gasteiger partial charge in [-0.15, -0.1) is 11.3 Å². The minimum absolute atomic E-state index is 0.0230. The van der Waals surface area contributed by atoms with E-state index >= 15 is 0 Å². The molecule has 1 aromatic rings. The third kappa shape index (κ3) is 4.06. The highest BCUT2D eigenvalue weighted by Gasteiger charge is 2.26. The Labute approximate surface area is 126 Å². The summed E-state index contributed by atoms with van der Waals surface area (Å²) in [6.07, 6.45) is 0. The number of ether oxygens (including phenoxy) is 2. The van der Waals surface area contributed by atoms with Gasteiger partial charge in [-0.05, 0) is 0 Å². The molecule has 0 aliphatic carbocycles. The molecule has 1 rings (SSSR count). The normalized spacial score (nSPS) is 10.6. The van der Waals surface area contributed by atoms with Crippen LogP contribution in [0.5, 0.6) is 0 Å².